The molecule has 1 fully saturated rings. The molecule has 0 aliphatic carbocycles. The lowest BCUT2D eigenvalue weighted by molar-refractivity contribution is 0.743. The van der Waals surface area contributed by atoms with Crippen LogP contribution in [0.1, 0.15) is 0 Å². The Morgan fingerprint density at radius 2 is 2.42 bits per heavy atom. The Bertz CT molecular complexity index is 135. The summed E-state index contributed by atoms with van der Waals surface area (Å²) < 4.78 is 0. The van der Waals surface area contributed by atoms with Crippen LogP contribution in [0, 0.1) is 0 Å². The minimum Gasteiger partial charge on any atom is -0.312 e. The largest absolute Gasteiger partial charge is 0.312 e. The first-order valence-corrected chi connectivity index (χ1v) is 6.73. The summed E-state index contributed by atoms with van der Waals surface area (Å²) in [4.78, 5) is 0. The number of hydrogen-bond acceptors (Lipinski definition) is 3. The molecule has 1 unspecified atom stereocenters. The fourth-order valence-electron chi connectivity index (χ4n) is 1.03. The van der Waals surface area contributed by atoms with Crippen LogP contribution in [0.15, 0.2) is 11.6 Å². The van der Waals surface area contributed by atoms with Gasteiger partial charge in [-0.3, -0.25) is 0 Å². The quantitative estimate of drug-likeness (QED) is 0.734. The van der Waals surface area contributed by atoms with Crippen LogP contribution in [0.3, 0.4) is 0 Å². The van der Waals surface area contributed by atoms with E-state index in [2.05, 4.69) is 28.8 Å². The fraction of sp³-hybridized carbons (Fsp3) is 0.750. The van der Waals surface area contributed by atoms with E-state index in [9.17, 15) is 0 Å². The standard InChI is InChI=1S/C8H14ClNS2/c9-2-1-3-10-6-8-7-11-4-5-12-8/h1-2,8,10H,3-7H2/b2-1+. The summed E-state index contributed by atoms with van der Waals surface area (Å²) in [5.41, 5.74) is 1.57. The van der Waals surface area contributed by atoms with Gasteiger partial charge < -0.3 is 5.32 Å². The number of hydrogen-bond donors (Lipinski definition) is 1. The molecule has 1 N–H and O–H groups in total. The molecule has 4 heteroatoms. The molecular weight excluding hydrogens is 210 g/mol. The third kappa shape index (κ3) is 4.65. The summed E-state index contributed by atoms with van der Waals surface area (Å²) in [5.74, 6) is 3.92. The Hall–Kier alpha value is 0.690. The van der Waals surface area contributed by atoms with Gasteiger partial charge in [0.2, 0.25) is 0 Å². The predicted molar refractivity (Wildman–Crippen MR) is 61.4 cm³/mol. The van der Waals surface area contributed by atoms with E-state index < -0.39 is 0 Å². The van der Waals surface area contributed by atoms with Crippen molar-refractivity contribution in [2.45, 2.75) is 5.25 Å². The van der Waals surface area contributed by atoms with Crippen LogP contribution in [0.2, 0.25) is 0 Å². The lowest BCUT2D eigenvalue weighted by atomic mass is 10.4. The van der Waals surface area contributed by atoms with Gasteiger partial charge in [0.1, 0.15) is 0 Å². The zero-order valence-electron chi connectivity index (χ0n) is 6.96. The van der Waals surface area contributed by atoms with Crippen molar-refractivity contribution in [3.8, 4) is 0 Å². The maximum absolute atomic E-state index is 5.39. The van der Waals surface area contributed by atoms with Gasteiger partial charge in [-0.1, -0.05) is 17.7 Å². The zero-order valence-corrected chi connectivity index (χ0v) is 9.35. The normalized spacial score (nSPS) is 24.9. The molecule has 1 aliphatic heterocycles. The molecule has 1 saturated heterocycles. The van der Waals surface area contributed by atoms with Gasteiger partial charge in [-0.25, -0.2) is 0 Å². The monoisotopic (exact) mass is 223 g/mol. The van der Waals surface area contributed by atoms with Crippen molar-refractivity contribution in [3.05, 3.63) is 11.6 Å². The molecule has 1 heterocycles. The first-order valence-electron chi connectivity index (χ1n) is 4.09. The van der Waals surface area contributed by atoms with Crippen LogP contribution in [-0.4, -0.2) is 35.6 Å². The van der Waals surface area contributed by atoms with Crippen LogP contribution < -0.4 is 5.32 Å². The Labute approximate surface area is 87.7 Å². The molecule has 0 spiro atoms. The molecule has 0 amide bonds. The number of thioether (sulfide) groups is 2. The van der Waals surface area contributed by atoms with Gasteiger partial charge in [-0.15, -0.1) is 0 Å². The van der Waals surface area contributed by atoms with Gasteiger partial charge in [0.25, 0.3) is 0 Å². The maximum Gasteiger partial charge on any atom is 0.0263 e. The Morgan fingerprint density at radius 3 is 3.08 bits per heavy atom. The molecule has 0 radical (unpaired) electrons. The minimum absolute atomic E-state index is 0.799. The molecule has 1 aliphatic rings. The Kier molecular flexibility index (Phi) is 6.40. The number of nitrogens with one attached hydrogen (secondary N) is 1. The van der Waals surface area contributed by atoms with Crippen molar-refractivity contribution in [2.75, 3.05) is 30.3 Å². The van der Waals surface area contributed by atoms with Gasteiger partial charge in [-0.2, -0.15) is 23.5 Å². The maximum atomic E-state index is 5.39. The van der Waals surface area contributed by atoms with E-state index in [1.807, 2.05) is 6.08 Å². The van der Waals surface area contributed by atoms with Crippen LogP contribution in [0.25, 0.3) is 0 Å². The summed E-state index contributed by atoms with van der Waals surface area (Å²) in [5, 5.41) is 4.15. The lowest BCUT2D eigenvalue weighted by Crippen LogP contribution is -2.28. The molecule has 1 rings (SSSR count). The van der Waals surface area contributed by atoms with E-state index >= 15 is 0 Å². The van der Waals surface area contributed by atoms with Crippen molar-refractivity contribution in [2.24, 2.45) is 0 Å². The number of rotatable bonds is 4. The van der Waals surface area contributed by atoms with Crippen molar-refractivity contribution in [3.63, 3.8) is 0 Å². The van der Waals surface area contributed by atoms with Gasteiger partial charge in [0, 0.05) is 41.1 Å². The summed E-state index contributed by atoms with van der Waals surface area (Å²) >= 11 is 9.54. The van der Waals surface area contributed by atoms with Crippen LogP contribution in [0.4, 0.5) is 0 Å². The molecule has 0 saturated carbocycles. The van der Waals surface area contributed by atoms with Crippen molar-refractivity contribution in [1.82, 2.24) is 5.32 Å². The molecule has 0 aromatic rings. The van der Waals surface area contributed by atoms with E-state index in [0.29, 0.717) is 0 Å². The molecular formula is C8H14ClNS2. The summed E-state index contributed by atoms with van der Waals surface area (Å²) in [6.07, 6.45) is 1.93. The van der Waals surface area contributed by atoms with Crippen molar-refractivity contribution in [1.29, 1.82) is 0 Å². The number of halogens is 1. The second-order valence-electron chi connectivity index (χ2n) is 2.59. The highest BCUT2D eigenvalue weighted by atomic mass is 35.5. The van der Waals surface area contributed by atoms with E-state index in [4.69, 9.17) is 11.6 Å². The first-order chi connectivity index (χ1) is 5.93. The molecule has 0 bridgehead atoms. The summed E-state index contributed by atoms with van der Waals surface area (Å²) in [6, 6.07) is 0. The van der Waals surface area contributed by atoms with Crippen molar-refractivity contribution >= 4 is 35.1 Å². The highest BCUT2D eigenvalue weighted by Crippen LogP contribution is 2.23. The third-order valence-corrected chi connectivity index (χ3v) is 4.63. The SMILES string of the molecule is Cl/C=C/CNCC1CSCCS1. The highest BCUT2D eigenvalue weighted by Gasteiger charge is 2.12. The van der Waals surface area contributed by atoms with E-state index in [-0.39, 0.29) is 0 Å². The third-order valence-electron chi connectivity index (χ3n) is 1.61. The van der Waals surface area contributed by atoms with Gasteiger partial charge in [0.15, 0.2) is 0 Å². The van der Waals surface area contributed by atoms with E-state index in [1.54, 1.807) is 5.54 Å². The van der Waals surface area contributed by atoms with Crippen LogP contribution >= 0.6 is 35.1 Å². The van der Waals surface area contributed by atoms with Crippen molar-refractivity contribution < 1.29 is 0 Å². The molecule has 70 valence electrons. The summed E-state index contributed by atoms with van der Waals surface area (Å²) in [6.45, 7) is 2.00. The smallest absolute Gasteiger partial charge is 0.0263 e. The lowest BCUT2D eigenvalue weighted by Gasteiger charge is -2.20. The fourth-order valence-corrected chi connectivity index (χ4v) is 3.76. The first kappa shape index (κ1) is 10.8. The van der Waals surface area contributed by atoms with E-state index in [1.165, 1.54) is 17.3 Å². The van der Waals surface area contributed by atoms with Gasteiger partial charge >= 0.3 is 0 Å². The van der Waals surface area contributed by atoms with Crippen LogP contribution in [0.5, 0.6) is 0 Å². The van der Waals surface area contributed by atoms with Gasteiger partial charge in [0.05, 0.1) is 0 Å². The highest BCUT2D eigenvalue weighted by molar-refractivity contribution is 8.06. The molecule has 1 nitrogen and oxygen atoms in total. The molecule has 0 aromatic heterocycles. The van der Waals surface area contributed by atoms with Gasteiger partial charge in [-0.05, 0) is 0 Å². The molecule has 0 aromatic carbocycles. The van der Waals surface area contributed by atoms with E-state index in [0.717, 1.165) is 18.3 Å². The average Bonchev–Trinajstić information content (AvgIpc) is 2.14. The Morgan fingerprint density at radius 1 is 1.50 bits per heavy atom. The topological polar surface area (TPSA) is 12.0 Å². The zero-order chi connectivity index (χ0) is 8.65. The average molecular weight is 224 g/mol. The predicted octanol–water partition coefficient (Wildman–Crippen LogP) is 2.18. The molecule has 12 heavy (non-hydrogen) atoms. The second-order valence-corrected chi connectivity index (χ2v) is 5.40. The molecule has 1 atom stereocenters. The minimum atomic E-state index is 0.799. The second kappa shape index (κ2) is 7.13. The Balaban J connectivity index is 1.97. The summed E-state index contributed by atoms with van der Waals surface area (Å²) in [7, 11) is 0. The van der Waals surface area contributed by atoms with Crippen LogP contribution in [-0.2, 0) is 0 Å².